The van der Waals surface area contributed by atoms with Crippen molar-refractivity contribution in [2.75, 3.05) is 6.54 Å². The second-order valence-electron chi connectivity index (χ2n) is 4.30. The number of aromatic amines is 1. The van der Waals surface area contributed by atoms with E-state index in [0.717, 1.165) is 0 Å². The molecule has 0 spiro atoms. The van der Waals surface area contributed by atoms with Gasteiger partial charge in [0.1, 0.15) is 5.56 Å². The smallest absolute Gasteiger partial charge is 0.303 e. The molecule has 0 aliphatic carbocycles. The van der Waals surface area contributed by atoms with Crippen LogP contribution < -0.4 is 10.9 Å². The molecular formula is C12H16N2O4. The maximum atomic E-state index is 11.7. The number of carbonyl (C=O) groups excluding carboxylic acids is 1. The van der Waals surface area contributed by atoms with Crippen LogP contribution in [0.2, 0.25) is 0 Å². The average molecular weight is 252 g/mol. The van der Waals surface area contributed by atoms with Crippen LogP contribution in [0, 0.1) is 12.8 Å². The maximum absolute atomic E-state index is 11.7. The largest absolute Gasteiger partial charge is 0.481 e. The Morgan fingerprint density at radius 3 is 2.67 bits per heavy atom. The lowest BCUT2D eigenvalue weighted by atomic mass is 10.1. The fourth-order valence-corrected chi connectivity index (χ4v) is 1.48. The van der Waals surface area contributed by atoms with Gasteiger partial charge in [0.15, 0.2) is 0 Å². The molecule has 0 aliphatic heterocycles. The topological polar surface area (TPSA) is 99.3 Å². The summed E-state index contributed by atoms with van der Waals surface area (Å²) in [6.07, 6.45) is -0.0233. The quantitative estimate of drug-likeness (QED) is 0.711. The highest BCUT2D eigenvalue weighted by Gasteiger charge is 2.13. The SMILES string of the molecule is Cc1ccc(C(=O)NCC(C)CC(=O)O)c(=O)[nH]1. The number of amides is 1. The van der Waals surface area contributed by atoms with Gasteiger partial charge in [-0.15, -0.1) is 0 Å². The molecule has 6 heteroatoms. The van der Waals surface area contributed by atoms with Crippen molar-refractivity contribution in [1.82, 2.24) is 10.3 Å². The van der Waals surface area contributed by atoms with Gasteiger partial charge >= 0.3 is 5.97 Å². The standard InChI is InChI=1S/C12H16N2O4/c1-7(5-10(15)16)6-13-11(17)9-4-3-8(2)14-12(9)18/h3-4,7H,5-6H2,1-2H3,(H,13,17)(H,14,18)(H,15,16). The molecule has 0 bridgehead atoms. The van der Waals surface area contributed by atoms with Crippen molar-refractivity contribution in [3.8, 4) is 0 Å². The molecular weight excluding hydrogens is 236 g/mol. The first-order valence-corrected chi connectivity index (χ1v) is 5.60. The minimum absolute atomic E-state index is 0.0233. The monoisotopic (exact) mass is 252 g/mol. The fraction of sp³-hybridized carbons (Fsp3) is 0.417. The molecule has 6 nitrogen and oxygen atoms in total. The Hall–Kier alpha value is -2.11. The van der Waals surface area contributed by atoms with Crippen molar-refractivity contribution < 1.29 is 14.7 Å². The molecule has 1 heterocycles. The minimum atomic E-state index is -0.912. The number of nitrogens with one attached hydrogen (secondary N) is 2. The lowest BCUT2D eigenvalue weighted by Crippen LogP contribution is -2.33. The molecule has 1 aromatic heterocycles. The van der Waals surface area contributed by atoms with E-state index >= 15 is 0 Å². The lowest BCUT2D eigenvalue weighted by Gasteiger charge is -2.10. The predicted octanol–water partition coefficient (Wildman–Crippen LogP) is 0.524. The number of aliphatic carboxylic acids is 1. The van der Waals surface area contributed by atoms with Gasteiger partial charge in [0, 0.05) is 18.7 Å². The zero-order chi connectivity index (χ0) is 13.7. The van der Waals surface area contributed by atoms with Crippen LogP contribution in [0.1, 0.15) is 29.4 Å². The Bertz CT molecular complexity index is 507. The van der Waals surface area contributed by atoms with Crippen molar-refractivity contribution in [2.24, 2.45) is 5.92 Å². The van der Waals surface area contributed by atoms with Gasteiger partial charge in [0.05, 0.1) is 0 Å². The van der Waals surface area contributed by atoms with Crippen LogP contribution in [0.5, 0.6) is 0 Å². The van der Waals surface area contributed by atoms with Gasteiger partial charge in [0.25, 0.3) is 11.5 Å². The first-order valence-electron chi connectivity index (χ1n) is 5.60. The van der Waals surface area contributed by atoms with Crippen molar-refractivity contribution in [3.05, 3.63) is 33.7 Å². The normalized spacial score (nSPS) is 11.9. The number of aromatic nitrogens is 1. The van der Waals surface area contributed by atoms with Crippen LogP contribution in [0.25, 0.3) is 0 Å². The van der Waals surface area contributed by atoms with Crippen LogP contribution >= 0.6 is 0 Å². The molecule has 18 heavy (non-hydrogen) atoms. The van der Waals surface area contributed by atoms with E-state index in [-0.39, 0.29) is 24.4 Å². The van der Waals surface area contributed by atoms with Gasteiger partial charge in [-0.25, -0.2) is 0 Å². The molecule has 1 amide bonds. The predicted molar refractivity (Wildman–Crippen MR) is 65.5 cm³/mol. The highest BCUT2D eigenvalue weighted by atomic mass is 16.4. The van der Waals surface area contributed by atoms with Crippen LogP contribution in [0.15, 0.2) is 16.9 Å². The van der Waals surface area contributed by atoms with Crippen molar-refractivity contribution in [2.45, 2.75) is 20.3 Å². The summed E-state index contributed by atoms with van der Waals surface area (Å²) in [5.41, 5.74) is 0.261. The third-order valence-corrected chi connectivity index (χ3v) is 2.43. The first kappa shape index (κ1) is 14.0. The summed E-state index contributed by atoms with van der Waals surface area (Å²) in [5.74, 6) is -1.59. The van der Waals surface area contributed by atoms with E-state index in [2.05, 4.69) is 10.3 Å². The molecule has 0 saturated heterocycles. The second-order valence-corrected chi connectivity index (χ2v) is 4.30. The molecule has 1 rings (SSSR count). The van der Waals surface area contributed by atoms with E-state index in [9.17, 15) is 14.4 Å². The number of carbonyl (C=O) groups is 2. The van der Waals surface area contributed by atoms with E-state index < -0.39 is 17.4 Å². The zero-order valence-electron chi connectivity index (χ0n) is 10.3. The zero-order valence-corrected chi connectivity index (χ0v) is 10.3. The van der Waals surface area contributed by atoms with Crippen molar-refractivity contribution in [3.63, 3.8) is 0 Å². The minimum Gasteiger partial charge on any atom is -0.481 e. The molecule has 0 aromatic carbocycles. The number of rotatable bonds is 5. The maximum Gasteiger partial charge on any atom is 0.303 e. The van der Waals surface area contributed by atoms with Crippen molar-refractivity contribution in [1.29, 1.82) is 0 Å². The van der Waals surface area contributed by atoms with Crippen LogP contribution in [-0.4, -0.2) is 28.5 Å². The summed E-state index contributed by atoms with van der Waals surface area (Å²) >= 11 is 0. The first-order chi connectivity index (χ1) is 8.40. The Balaban J connectivity index is 2.61. The van der Waals surface area contributed by atoms with Gasteiger partial charge in [-0.2, -0.15) is 0 Å². The van der Waals surface area contributed by atoms with Crippen LogP contribution in [0.3, 0.4) is 0 Å². The molecule has 1 atom stereocenters. The van der Waals surface area contributed by atoms with Gasteiger partial charge in [0.2, 0.25) is 0 Å². The number of hydrogen-bond acceptors (Lipinski definition) is 3. The van der Waals surface area contributed by atoms with Gasteiger partial charge < -0.3 is 15.4 Å². The number of hydrogen-bond donors (Lipinski definition) is 3. The molecule has 0 fully saturated rings. The Morgan fingerprint density at radius 2 is 2.11 bits per heavy atom. The lowest BCUT2D eigenvalue weighted by molar-refractivity contribution is -0.137. The Labute approximate surface area is 104 Å². The summed E-state index contributed by atoms with van der Waals surface area (Å²) in [4.78, 5) is 36.2. The molecule has 98 valence electrons. The molecule has 1 unspecified atom stereocenters. The molecule has 0 radical (unpaired) electrons. The van der Waals surface area contributed by atoms with E-state index in [1.807, 2.05) is 0 Å². The summed E-state index contributed by atoms with van der Waals surface area (Å²) in [7, 11) is 0. The second kappa shape index (κ2) is 6.00. The Morgan fingerprint density at radius 1 is 1.44 bits per heavy atom. The summed E-state index contributed by atoms with van der Waals surface area (Å²) in [6.45, 7) is 3.66. The van der Waals surface area contributed by atoms with Crippen molar-refractivity contribution >= 4 is 11.9 Å². The van der Waals surface area contributed by atoms with Crippen LogP contribution in [-0.2, 0) is 4.79 Å². The summed E-state index contributed by atoms with van der Waals surface area (Å²) in [5, 5.41) is 11.1. The van der Waals surface area contributed by atoms with E-state index in [1.54, 1.807) is 19.9 Å². The average Bonchev–Trinajstić information content (AvgIpc) is 2.25. The number of carboxylic acids is 1. The highest BCUT2D eigenvalue weighted by molar-refractivity contribution is 5.93. The highest BCUT2D eigenvalue weighted by Crippen LogP contribution is 2.00. The number of carboxylic acid groups (broad SMARTS) is 1. The van der Waals surface area contributed by atoms with E-state index in [1.165, 1.54) is 6.07 Å². The number of pyridine rings is 1. The third-order valence-electron chi connectivity index (χ3n) is 2.43. The molecule has 1 aromatic rings. The molecule has 0 aliphatic rings. The van der Waals surface area contributed by atoms with Gasteiger partial charge in [-0.05, 0) is 25.0 Å². The number of H-pyrrole nitrogens is 1. The third kappa shape index (κ3) is 4.04. The van der Waals surface area contributed by atoms with Crippen LogP contribution in [0.4, 0.5) is 0 Å². The molecule has 0 saturated carbocycles. The Kier molecular flexibility index (Phi) is 4.65. The molecule has 3 N–H and O–H groups in total. The summed E-state index contributed by atoms with van der Waals surface area (Å²) in [6, 6.07) is 3.09. The fourth-order valence-electron chi connectivity index (χ4n) is 1.48. The van der Waals surface area contributed by atoms with Gasteiger partial charge in [-0.1, -0.05) is 6.92 Å². The van der Waals surface area contributed by atoms with E-state index in [4.69, 9.17) is 5.11 Å². The summed E-state index contributed by atoms with van der Waals surface area (Å²) < 4.78 is 0. The number of aryl methyl sites for hydroxylation is 1. The van der Waals surface area contributed by atoms with Gasteiger partial charge in [-0.3, -0.25) is 14.4 Å². The van der Waals surface area contributed by atoms with E-state index in [0.29, 0.717) is 5.69 Å².